The van der Waals surface area contributed by atoms with E-state index in [1.54, 1.807) is 0 Å². The highest BCUT2D eigenvalue weighted by atomic mass is 79.9. The molecule has 0 spiro atoms. The van der Waals surface area contributed by atoms with Crippen molar-refractivity contribution < 1.29 is 4.79 Å². The first-order chi connectivity index (χ1) is 7.65. The third-order valence-electron chi connectivity index (χ3n) is 3.20. The number of carbonyl (C=O) groups is 1. The summed E-state index contributed by atoms with van der Waals surface area (Å²) in [6, 6.07) is 8.17. The molecule has 0 aromatic heterocycles. The molecule has 2 rings (SSSR count). The van der Waals surface area contributed by atoms with Gasteiger partial charge in [-0.3, -0.25) is 4.79 Å². The van der Waals surface area contributed by atoms with Gasteiger partial charge in [0.05, 0.1) is 0 Å². The second-order valence-electron chi connectivity index (χ2n) is 4.54. The molecule has 86 valence electrons. The Bertz CT molecular complexity index is 391. The van der Waals surface area contributed by atoms with Gasteiger partial charge in [0, 0.05) is 22.9 Å². The lowest BCUT2D eigenvalue weighted by atomic mass is 9.96. The zero-order valence-corrected chi connectivity index (χ0v) is 10.7. The van der Waals surface area contributed by atoms with Gasteiger partial charge in [0.15, 0.2) is 0 Å². The van der Waals surface area contributed by atoms with E-state index in [1.165, 1.54) is 0 Å². The number of ketones is 1. The summed E-state index contributed by atoms with van der Waals surface area (Å²) >= 11 is 3.41. The molecule has 2 N–H and O–H groups in total. The number of halogens is 1. The lowest BCUT2D eigenvalue weighted by molar-refractivity contribution is -0.122. The molecule has 2 nitrogen and oxygen atoms in total. The van der Waals surface area contributed by atoms with Crippen molar-refractivity contribution in [2.75, 3.05) is 0 Å². The quantitative estimate of drug-likeness (QED) is 0.926. The van der Waals surface area contributed by atoms with Gasteiger partial charge in [-0.1, -0.05) is 28.1 Å². The first kappa shape index (κ1) is 11.8. The van der Waals surface area contributed by atoms with Crippen LogP contribution in [0.4, 0.5) is 0 Å². The number of nitrogens with two attached hydrogens (primary N) is 1. The molecule has 1 aliphatic rings. The van der Waals surface area contributed by atoms with Crippen molar-refractivity contribution in [1.82, 2.24) is 0 Å². The van der Waals surface area contributed by atoms with Gasteiger partial charge in [0.2, 0.25) is 0 Å². The average Bonchev–Trinajstić information content (AvgIpc) is 2.65. The lowest BCUT2D eigenvalue weighted by Gasteiger charge is -2.08. The third kappa shape index (κ3) is 2.92. The Morgan fingerprint density at radius 1 is 1.44 bits per heavy atom. The van der Waals surface area contributed by atoms with Gasteiger partial charge in [-0.25, -0.2) is 0 Å². The summed E-state index contributed by atoms with van der Waals surface area (Å²) in [5, 5.41) is 0. The minimum atomic E-state index is 0.189. The van der Waals surface area contributed by atoms with E-state index in [1.807, 2.05) is 24.3 Å². The average molecular weight is 282 g/mol. The fourth-order valence-corrected chi connectivity index (χ4v) is 2.75. The van der Waals surface area contributed by atoms with Gasteiger partial charge >= 0.3 is 0 Å². The number of carbonyl (C=O) groups excluding carboxylic acids is 1. The molecule has 1 saturated carbocycles. The Hall–Kier alpha value is -0.670. The summed E-state index contributed by atoms with van der Waals surface area (Å²) in [6.45, 7) is 0. The molecule has 0 amide bonds. The van der Waals surface area contributed by atoms with Crippen molar-refractivity contribution in [2.24, 2.45) is 11.7 Å². The Balaban J connectivity index is 1.97. The molecule has 0 aliphatic heterocycles. The number of hydrogen-bond acceptors (Lipinski definition) is 2. The minimum Gasteiger partial charge on any atom is -0.328 e. The predicted octanol–water partition coefficient (Wildman–Crippen LogP) is 2.69. The number of rotatable bonds is 3. The number of benzene rings is 1. The Kier molecular flexibility index (Phi) is 3.77. The van der Waals surface area contributed by atoms with Gasteiger partial charge in [0.25, 0.3) is 0 Å². The van der Waals surface area contributed by atoms with E-state index in [-0.39, 0.29) is 12.0 Å². The molecule has 0 heterocycles. The van der Waals surface area contributed by atoms with Gasteiger partial charge in [0.1, 0.15) is 5.78 Å². The van der Waals surface area contributed by atoms with E-state index < -0.39 is 0 Å². The van der Waals surface area contributed by atoms with Crippen LogP contribution >= 0.6 is 15.9 Å². The summed E-state index contributed by atoms with van der Waals surface area (Å²) in [5.41, 5.74) is 6.90. The van der Waals surface area contributed by atoms with Crippen LogP contribution in [0, 0.1) is 5.92 Å². The lowest BCUT2D eigenvalue weighted by Crippen LogP contribution is -2.19. The highest BCUT2D eigenvalue weighted by Crippen LogP contribution is 2.26. The maximum atomic E-state index is 12.0. The van der Waals surface area contributed by atoms with Crippen molar-refractivity contribution in [2.45, 2.75) is 31.7 Å². The molecule has 1 aromatic carbocycles. The molecule has 1 fully saturated rings. The van der Waals surface area contributed by atoms with Gasteiger partial charge in [-0.15, -0.1) is 0 Å². The van der Waals surface area contributed by atoms with Crippen molar-refractivity contribution in [3.05, 3.63) is 34.3 Å². The zero-order valence-electron chi connectivity index (χ0n) is 9.16. The van der Waals surface area contributed by atoms with Crippen molar-refractivity contribution >= 4 is 21.7 Å². The van der Waals surface area contributed by atoms with Crippen LogP contribution < -0.4 is 5.73 Å². The fraction of sp³-hybridized carbons (Fsp3) is 0.462. The Morgan fingerprint density at radius 3 is 2.88 bits per heavy atom. The van der Waals surface area contributed by atoms with Crippen LogP contribution in [-0.4, -0.2) is 11.8 Å². The SMILES string of the molecule is NC1CCC(C(=O)Cc2cccc(Br)c2)C1. The molecule has 0 bridgehead atoms. The van der Waals surface area contributed by atoms with Crippen molar-refractivity contribution in [1.29, 1.82) is 0 Å². The molecule has 2 unspecified atom stereocenters. The van der Waals surface area contributed by atoms with Crippen LogP contribution in [0.2, 0.25) is 0 Å². The smallest absolute Gasteiger partial charge is 0.140 e. The first-order valence-corrected chi connectivity index (χ1v) is 6.47. The van der Waals surface area contributed by atoms with Gasteiger partial charge in [-0.05, 0) is 37.0 Å². The van der Waals surface area contributed by atoms with Gasteiger partial charge < -0.3 is 5.73 Å². The topological polar surface area (TPSA) is 43.1 Å². The second-order valence-corrected chi connectivity index (χ2v) is 5.46. The van der Waals surface area contributed by atoms with Crippen LogP contribution in [0.3, 0.4) is 0 Å². The van der Waals surface area contributed by atoms with Crippen LogP contribution in [0.15, 0.2) is 28.7 Å². The monoisotopic (exact) mass is 281 g/mol. The van der Waals surface area contributed by atoms with Crippen LogP contribution in [0.25, 0.3) is 0 Å². The van der Waals surface area contributed by atoms with Crippen molar-refractivity contribution in [3.8, 4) is 0 Å². The summed E-state index contributed by atoms with van der Waals surface area (Å²) in [7, 11) is 0. The molecule has 0 radical (unpaired) electrons. The summed E-state index contributed by atoms with van der Waals surface area (Å²) < 4.78 is 1.03. The van der Waals surface area contributed by atoms with E-state index >= 15 is 0 Å². The van der Waals surface area contributed by atoms with E-state index in [2.05, 4.69) is 15.9 Å². The summed E-state index contributed by atoms with van der Waals surface area (Å²) in [6.07, 6.45) is 3.37. The molecule has 16 heavy (non-hydrogen) atoms. The van der Waals surface area contributed by atoms with E-state index in [0.717, 1.165) is 29.3 Å². The Labute approximate surface area is 104 Å². The molecule has 1 aromatic rings. The molecule has 1 aliphatic carbocycles. The molecule has 0 saturated heterocycles. The van der Waals surface area contributed by atoms with E-state index in [0.29, 0.717) is 12.2 Å². The maximum absolute atomic E-state index is 12.0. The van der Waals surface area contributed by atoms with Crippen LogP contribution in [-0.2, 0) is 11.2 Å². The van der Waals surface area contributed by atoms with Crippen molar-refractivity contribution in [3.63, 3.8) is 0 Å². The molecular weight excluding hydrogens is 266 g/mol. The predicted molar refractivity (Wildman–Crippen MR) is 68.2 cm³/mol. The number of Topliss-reactive ketones (excluding diaryl/α,β-unsaturated/α-hetero) is 1. The van der Waals surface area contributed by atoms with E-state index in [9.17, 15) is 4.79 Å². The minimum absolute atomic E-state index is 0.189. The zero-order chi connectivity index (χ0) is 11.5. The number of hydrogen-bond donors (Lipinski definition) is 1. The maximum Gasteiger partial charge on any atom is 0.140 e. The third-order valence-corrected chi connectivity index (χ3v) is 3.69. The largest absolute Gasteiger partial charge is 0.328 e. The molecule has 3 heteroatoms. The van der Waals surface area contributed by atoms with Crippen LogP contribution in [0.5, 0.6) is 0 Å². The van der Waals surface area contributed by atoms with Crippen LogP contribution in [0.1, 0.15) is 24.8 Å². The van der Waals surface area contributed by atoms with Gasteiger partial charge in [-0.2, -0.15) is 0 Å². The second kappa shape index (κ2) is 5.11. The van der Waals surface area contributed by atoms with E-state index in [4.69, 9.17) is 5.73 Å². The fourth-order valence-electron chi connectivity index (χ4n) is 2.30. The first-order valence-electron chi connectivity index (χ1n) is 5.68. The highest BCUT2D eigenvalue weighted by Gasteiger charge is 2.27. The Morgan fingerprint density at radius 2 is 2.25 bits per heavy atom. The summed E-state index contributed by atoms with van der Waals surface area (Å²) in [5.74, 6) is 0.528. The molecule has 2 atom stereocenters. The molecular formula is C13H16BrNO. The summed E-state index contributed by atoms with van der Waals surface area (Å²) in [4.78, 5) is 12.0. The highest BCUT2D eigenvalue weighted by molar-refractivity contribution is 9.10. The standard InChI is InChI=1S/C13H16BrNO/c14-11-3-1-2-9(6-11)7-13(16)10-4-5-12(15)8-10/h1-3,6,10,12H,4-5,7-8,15H2. The normalized spacial score (nSPS) is 24.6.